The molecule has 2 rings (SSSR count). The topological polar surface area (TPSA) is 32.3 Å². The maximum absolute atomic E-state index is 12.8. The Bertz CT molecular complexity index is 323. The Hall–Kier alpha value is -0.570. The predicted octanol–water partition coefficient (Wildman–Crippen LogP) is 3.44. The minimum Gasteiger partial charge on any atom is -0.340 e. The number of carbonyl (C=O) groups is 1. The van der Waals surface area contributed by atoms with Crippen molar-refractivity contribution in [2.45, 2.75) is 71.8 Å². The molecule has 1 N–H and O–H groups in total. The number of piperidine rings is 2. The number of likely N-dealkylation sites (tertiary alicyclic amines) is 1. The molecule has 2 fully saturated rings. The van der Waals surface area contributed by atoms with Gasteiger partial charge in [-0.2, -0.15) is 0 Å². The molecule has 0 bridgehead atoms. The largest absolute Gasteiger partial charge is 0.340 e. The lowest BCUT2D eigenvalue weighted by atomic mass is 9.83. The van der Waals surface area contributed by atoms with Gasteiger partial charge in [0.1, 0.15) is 0 Å². The third-order valence-corrected chi connectivity index (χ3v) is 5.38. The fourth-order valence-electron chi connectivity index (χ4n) is 4.09. The van der Waals surface area contributed by atoms with Gasteiger partial charge in [-0.1, -0.05) is 20.8 Å². The zero-order chi connectivity index (χ0) is 15.2. The van der Waals surface area contributed by atoms with E-state index in [2.05, 4.69) is 31.0 Å². The van der Waals surface area contributed by atoms with Gasteiger partial charge in [0.2, 0.25) is 5.91 Å². The second kappa shape index (κ2) is 8.17. The molecule has 1 amide bonds. The Morgan fingerprint density at radius 1 is 1.14 bits per heavy atom. The number of amides is 1. The standard InChI is InChI=1S/C18H34N2O/c1-14(2)12-17-6-4-5-11-20(17)18(21)13-15(3)16-7-9-19-10-8-16/h14-17,19H,4-13H2,1-3H3. The monoisotopic (exact) mass is 294 g/mol. The minimum absolute atomic E-state index is 0.423. The molecule has 0 aromatic rings. The highest BCUT2D eigenvalue weighted by molar-refractivity contribution is 5.76. The molecule has 0 spiro atoms. The summed E-state index contributed by atoms with van der Waals surface area (Å²) in [4.78, 5) is 15.0. The molecule has 2 heterocycles. The van der Waals surface area contributed by atoms with Crippen molar-refractivity contribution in [1.29, 1.82) is 0 Å². The van der Waals surface area contributed by atoms with E-state index in [0.29, 0.717) is 23.8 Å². The Morgan fingerprint density at radius 2 is 1.86 bits per heavy atom. The van der Waals surface area contributed by atoms with Crippen molar-refractivity contribution in [2.24, 2.45) is 17.8 Å². The van der Waals surface area contributed by atoms with Crippen molar-refractivity contribution in [2.75, 3.05) is 19.6 Å². The minimum atomic E-state index is 0.423. The van der Waals surface area contributed by atoms with Gasteiger partial charge in [-0.3, -0.25) is 4.79 Å². The number of carbonyl (C=O) groups excluding carboxylic acids is 1. The molecule has 2 atom stereocenters. The van der Waals surface area contributed by atoms with E-state index in [1.165, 1.54) is 38.5 Å². The molecule has 0 saturated carbocycles. The van der Waals surface area contributed by atoms with Crippen LogP contribution in [0.15, 0.2) is 0 Å². The molecule has 2 unspecified atom stereocenters. The zero-order valence-corrected chi connectivity index (χ0v) is 14.2. The summed E-state index contributed by atoms with van der Waals surface area (Å²) in [5, 5.41) is 3.42. The van der Waals surface area contributed by atoms with Crippen LogP contribution in [0.3, 0.4) is 0 Å². The number of hydrogen-bond acceptors (Lipinski definition) is 2. The van der Waals surface area contributed by atoms with E-state index in [0.717, 1.165) is 32.0 Å². The fraction of sp³-hybridized carbons (Fsp3) is 0.944. The maximum atomic E-state index is 12.8. The van der Waals surface area contributed by atoms with Gasteiger partial charge >= 0.3 is 0 Å². The zero-order valence-electron chi connectivity index (χ0n) is 14.2. The number of rotatable bonds is 5. The molecule has 0 radical (unpaired) electrons. The number of hydrogen-bond donors (Lipinski definition) is 1. The van der Waals surface area contributed by atoms with E-state index in [-0.39, 0.29) is 0 Å². The third-order valence-electron chi connectivity index (χ3n) is 5.38. The summed E-state index contributed by atoms with van der Waals surface area (Å²) in [7, 11) is 0. The molecule has 0 aromatic heterocycles. The third kappa shape index (κ3) is 4.98. The quantitative estimate of drug-likeness (QED) is 0.842. The van der Waals surface area contributed by atoms with Crippen LogP contribution in [0.1, 0.15) is 65.7 Å². The first kappa shape index (κ1) is 16.8. The lowest BCUT2D eigenvalue weighted by Crippen LogP contribution is -2.45. The van der Waals surface area contributed by atoms with Crippen molar-refractivity contribution >= 4 is 5.91 Å². The van der Waals surface area contributed by atoms with Gasteiger partial charge in [-0.25, -0.2) is 0 Å². The van der Waals surface area contributed by atoms with E-state index in [1.54, 1.807) is 0 Å². The highest BCUT2D eigenvalue weighted by Gasteiger charge is 2.29. The van der Waals surface area contributed by atoms with Crippen LogP contribution >= 0.6 is 0 Å². The lowest BCUT2D eigenvalue weighted by molar-refractivity contribution is -0.136. The Labute approximate surface area is 130 Å². The Morgan fingerprint density at radius 3 is 2.52 bits per heavy atom. The van der Waals surface area contributed by atoms with Crippen LogP contribution in [0.25, 0.3) is 0 Å². The second-order valence-electron chi connectivity index (χ2n) is 7.64. The summed E-state index contributed by atoms with van der Waals surface area (Å²) in [6, 6.07) is 0.506. The average molecular weight is 294 g/mol. The molecule has 2 aliphatic heterocycles. The van der Waals surface area contributed by atoms with E-state index >= 15 is 0 Å². The van der Waals surface area contributed by atoms with Gasteiger partial charge < -0.3 is 10.2 Å². The predicted molar refractivity (Wildman–Crippen MR) is 88.2 cm³/mol. The normalized spacial score (nSPS) is 26.1. The van der Waals surface area contributed by atoms with E-state index < -0.39 is 0 Å². The van der Waals surface area contributed by atoms with E-state index in [9.17, 15) is 4.79 Å². The van der Waals surface area contributed by atoms with Crippen LogP contribution in [0.5, 0.6) is 0 Å². The summed E-state index contributed by atoms with van der Waals surface area (Å²) in [5.41, 5.74) is 0. The van der Waals surface area contributed by atoms with E-state index in [4.69, 9.17) is 0 Å². The average Bonchev–Trinajstić information content (AvgIpc) is 2.48. The summed E-state index contributed by atoms with van der Waals surface area (Å²) in [6.45, 7) is 10.1. The highest BCUT2D eigenvalue weighted by Crippen LogP contribution is 2.28. The maximum Gasteiger partial charge on any atom is 0.223 e. The summed E-state index contributed by atoms with van der Waals surface area (Å²) in [5.74, 6) is 2.39. The van der Waals surface area contributed by atoms with Gasteiger partial charge in [0.05, 0.1) is 0 Å². The molecular weight excluding hydrogens is 260 g/mol. The van der Waals surface area contributed by atoms with E-state index in [1.807, 2.05) is 0 Å². The fourth-order valence-corrected chi connectivity index (χ4v) is 4.09. The van der Waals surface area contributed by atoms with Crippen LogP contribution in [-0.2, 0) is 4.79 Å². The molecule has 2 aliphatic rings. The highest BCUT2D eigenvalue weighted by atomic mass is 16.2. The van der Waals surface area contributed by atoms with Gasteiger partial charge in [-0.05, 0) is 69.4 Å². The molecule has 21 heavy (non-hydrogen) atoms. The first-order valence-electron chi connectivity index (χ1n) is 9.08. The van der Waals surface area contributed by atoms with Gasteiger partial charge in [-0.15, -0.1) is 0 Å². The van der Waals surface area contributed by atoms with Gasteiger partial charge in [0, 0.05) is 19.0 Å². The molecule has 0 aliphatic carbocycles. The molecular formula is C18H34N2O. The van der Waals surface area contributed by atoms with Crippen molar-refractivity contribution in [3.8, 4) is 0 Å². The first-order chi connectivity index (χ1) is 10.1. The number of nitrogens with zero attached hydrogens (tertiary/aromatic N) is 1. The smallest absolute Gasteiger partial charge is 0.223 e. The molecule has 2 saturated heterocycles. The Kier molecular flexibility index (Phi) is 6.53. The number of nitrogens with one attached hydrogen (secondary N) is 1. The molecule has 3 heteroatoms. The van der Waals surface area contributed by atoms with Crippen molar-refractivity contribution in [3.05, 3.63) is 0 Å². The van der Waals surface area contributed by atoms with Gasteiger partial charge in [0.15, 0.2) is 0 Å². The molecule has 0 aromatic carbocycles. The molecule has 3 nitrogen and oxygen atoms in total. The van der Waals surface area contributed by atoms with Crippen molar-refractivity contribution < 1.29 is 4.79 Å². The summed E-state index contributed by atoms with van der Waals surface area (Å²) < 4.78 is 0. The van der Waals surface area contributed by atoms with Crippen LogP contribution in [0.4, 0.5) is 0 Å². The first-order valence-corrected chi connectivity index (χ1v) is 9.08. The summed E-state index contributed by atoms with van der Waals surface area (Å²) in [6.07, 6.45) is 8.12. The molecule has 122 valence electrons. The lowest BCUT2D eigenvalue weighted by Gasteiger charge is -2.38. The van der Waals surface area contributed by atoms with Crippen molar-refractivity contribution in [3.63, 3.8) is 0 Å². The van der Waals surface area contributed by atoms with Crippen LogP contribution in [0.2, 0.25) is 0 Å². The Balaban J connectivity index is 1.87. The SMILES string of the molecule is CC(C)CC1CCCCN1C(=O)CC(C)C1CCNCC1. The second-order valence-corrected chi connectivity index (χ2v) is 7.64. The van der Waals surface area contributed by atoms with Crippen molar-refractivity contribution in [1.82, 2.24) is 10.2 Å². The van der Waals surface area contributed by atoms with Crippen LogP contribution in [0, 0.1) is 17.8 Å². The van der Waals surface area contributed by atoms with Gasteiger partial charge in [0.25, 0.3) is 0 Å². The van der Waals surface area contributed by atoms with Crippen LogP contribution < -0.4 is 5.32 Å². The van der Waals surface area contributed by atoms with Crippen LogP contribution in [-0.4, -0.2) is 36.5 Å². The summed E-state index contributed by atoms with van der Waals surface area (Å²) >= 11 is 0.